The molecule has 1 heterocycles. The Balaban J connectivity index is -0.000000178. The topological polar surface area (TPSA) is 24.4 Å². The van der Waals surface area contributed by atoms with Gasteiger partial charge in [0, 0.05) is 41.1 Å². The first-order valence-corrected chi connectivity index (χ1v) is 4.84. The van der Waals surface area contributed by atoms with Crippen molar-refractivity contribution in [2.75, 3.05) is 13.6 Å². The molecule has 1 rings (SSSR count). The van der Waals surface area contributed by atoms with Crippen LogP contribution in [0.4, 0.5) is 0 Å². The molecular formula is C10H23N2W-. The third-order valence-electron chi connectivity index (χ3n) is 1.44. The van der Waals surface area contributed by atoms with E-state index in [4.69, 9.17) is 0 Å². The molecule has 0 saturated carbocycles. The molecule has 0 aromatic heterocycles. The minimum atomic E-state index is 0. The molecule has 13 heavy (non-hydrogen) atoms. The summed E-state index contributed by atoms with van der Waals surface area (Å²) in [5.41, 5.74) is 0. The molecule has 1 aliphatic heterocycles. The Morgan fingerprint density at radius 1 is 1.23 bits per heavy atom. The average Bonchev–Trinajstić information content (AvgIpc) is 2.25. The number of rotatable bonds is 0. The van der Waals surface area contributed by atoms with Crippen molar-refractivity contribution in [2.24, 2.45) is 4.99 Å². The quantitative estimate of drug-likeness (QED) is 0.664. The van der Waals surface area contributed by atoms with Gasteiger partial charge in [0.15, 0.2) is 0 Å². The van der Waals surface area contributed by atoms with E-state index in [1.165, 1.54) is 18.7 Å². The molecule has 0 spiro atoms. The number of hydrogen-bond donors (Lipinski definition) is 1. The summed E-state index contributed by atoms with van der Waals surface area (Å²) < 4.78 is 0. The minimum Gasteiger partial charge on any atom is -0.374 e. The Morgan fingerprint density at radius 2 is 1.77 bits per heavy atom. The number of aliphatic imine (C=N–C) groups is 1. The van der Waals surface area contributed by atoms with Gasteiger partial charge in [-0.2, -0.15) is 6.92 Å². The van der Waals surface area contributed by atoms with Crippen LogP contribution in [-0.4, -0.2) is 19.4 Å². The molecule has 0 aromatic carbocycles. The van der Waals surface area contributed by atoms with E-state index in [1.807, 2.05) is 20.9 Å². The summed E-state index contributed by atoms with van der Waals surface area (Å²) in [4.78, 5) is 4.05. The van der Waals surface area contributed by atoms with Crippen molar-refractivity contribution < 1.29 is 21.1 Å². The van der Waals surface area contributed by atoms with Crippen LogP contribution in [-0.2, 0) is 21.1 Å². The molecule has 0 unspecified atom stereocenters. The van der Waals surface area contributed by atoms with Crippen LogP contribution < -0.4 is 5.32 Å². The van der Waals surface area contributed by atoms with Gasteiger partial charge in [-0.15, -0.1) is 0 Å². The van der Waals surface area contributed by atoms with Crippen molar-refractivity contribution in [3.8, 4) is 0 Å². The second kappa shape index (κ2) is 18.0. The van der Waals surface area contributed by atoms with E-state index in [0.29, 0.717) is 0 Å². The predicted octanol–water partition coefficient (Wildman–Crippen LogP) is 2.65. The third kappa shape index (κ3) is 12.2. The molecule has 1 fully saturated rings. The van der Waals surface area contributed by atoms with Crippen LogP contribution in [0.5, 0.6) is 0 Å². The molecule has 0 atom stereocenters. The first-order chi connectivity index (χ1) is 5.93. The first-order valence-electron chi connectivity index (χ1n) is 4.84. The van der Waals surface area contributed by atoms with Gasteiger partial charge in [-0.1, -0.05) is 13.8 Å². The van der Waals surface area contributed by atoms with E-state index >= 15 is 0 Å². The van der Waals surface area contributed by atoms with Crippen molar-refractivity contribution in [1.82, 2.24) is 5.32 Å². The normalized spacial score (nSPS) is 16.5. The van der Waals surface area contributed by atoms with Gasteiger partial charge in [0.25, 0.3) is 0 Å². The fourth-order valence-electron chi connectivity index (χ4n) is 0.929. The first kappa shape index (κ1) is 18.8. The van der Waals surface area contributed by atoms with Crippen LogP contribution in [0.25, 0.3) is 0 Å². The molecule has 0 bridgehead atoms. The van der Waals surface area contributed by atoms with Crippen LogP contribution in [0, 0.1) is 6.92 Å². The van der Waals surface area contributed by atoms with Crippen LogP contribution in [0.3, 0.4) is 0 Å². The van der Waals surface area contributed by atoms with Gasteiger partial charge in [0.2, 0.25) is 0 Å². The molecule has 0 radical (unpaired) electrons. The minimum absolute atomic E-state index is 0. The van der Waals surface area contributed by atoms with Gasteiger partial charge in [-0.25, -0.2) is 0 Å². The number of hydrogen-bond acceptors (Lipinski definition) is 1. The largest absolute Gasteiger partial charge is 0.374 e. The number of nitrogens with zero attached hydrogens (tertiary/aromatic N) is 1. The molecule has 80 valence electrons. The summed E-state index contributed by atoms with van der Waals surface area (Å²) in [5.74, 6) is 1.18. The smallest absolute Gasteiger partial charge is 0.0959 e. The van der Waals surface area contributed by atoms with Gasteiger partial charge >= 0.3 is 0 Å². The molecule has 0 aromatic rings. The molecule has 1 aliphatic rings. The number of amidine groups is 1. The summed E-state index contributed by atoms with van der Waals surface area (Å²) in [7, 11) is 1.84. The van der Waals surface area contributed by atoms with Crippen LogP contribution in [0.1, 0.15) is 40.0 Å². The molecule has 1 N–H and O–H groups in total. The van der Waals surface area contributed by atoms with Crippen molar-refractivity contribution in [2.45, 2.75) is 40.0 Å². The molecule has 1 saturated heterocycles. The van der Waals surface area contributed by atoms with Gasteiger partial charge in [-0.05, 0) is 12.8 Å². The van der Waals surface area contributed by atoms with E-state index < -0.39 is 0 Å². The van der Waals surface area contributed by atoms with Crippen LogP contribution >= 0.6 is 0 Å². The molecular weight excluding hydrogens is 332 g/mol. The van der Waals surface area contributed by atoms with Gasteiger partial charge in [0.05, 0.1) is 5.84 Å². The van der Waals surface area contributed by atoms with E-state index in [2.05, 4.69) is 17.2 Å². The Morgan fingerprint density at radius 3 is 2.00 bits per heavy atom. The van der Waals surface area contributed by atoms with Crippen molar-refractivity contribution in [3.05, 3.63) is 6.92 Å². The molecule has 0 aliphatic carbocycles. The van der Waals surface area contributed by atoms with Gasteiger partial charge < -0.3 is 12.2 Å². The summed E-state index contributed by atoms with van der Waals surface area (Å²) >= 11 is 0. The molecule has 2 nitrogen and oxygen atoms in total. The van der Waals surface area contributed by atoms with E-state index in [-0.39, 0.29) is 21.1 Å². The summed E-state index contributed by atoms with van der Waals surface area (Å²) in [6, 6.07) is 0. The summed E-state index contributed by atoms with van der Waals surface area (Å²) in [5, 5.41) is 3.22. The Kier molecular flexibility index (Phi) is 26.2. The average molecular weight is 355 g/mol. The Bertz CT molecular complexity index is 95.1. The summed E-state index contributed by atoms with van der Waals surface area (Å²) in [6.07, 6.45) is 3.76. The maximum atomic E-state index is 4.05. The second-order valence-corrected chi connectivity index (χ2v) is 2.05. The Labute approximate surface area is 97.9 Å². The Hall–Kier alpha value is 0.158. The van der Waals surface area contributed by atoms with Crippen molar-refractivity contribution >= 4 is 5.84 Å². The maximum absolute atomic E-state index is 4.05. The van der Waals surface area contributed by atoms with Crippen LogP contribution in [0.2, 0.25) is 0 Å². The van der Waals surface area contributed by atoms with Crippen molar-refractivity contribution in [1.29, 1.82) is 0 Å². The second-order valence-electron chi connectivity index (χ2n) is 2.05. The van der Waals surface area contributed by atoms with E-state index in [0.717, 1.165) is 13.0 Å². The van der Waals surface area contributed by atoms with Gasteiger partial charge in [-0.3, -0.25) is 4.99 Å². The van der Waals surface area contributed by atoms with E-state index in [9.17, 15) is 0 Å². The fourth-order valence-corrected chi connectivity index (χ4v) is 0.929. The number of piperidine rings is 1. The zero-order chi connectivity index (χ0) is 9.82. The monoisotopic (exact) mass is 355 g/mol. The SMILES string of the molecule is CC.CN=C1CCCCN1.[CH2-]C.[W]. The van der Waals surface area contributed by atoms with Gasteiger partial charge in [0.1, 0.15) is 0 Å². The number of nitrogens with one attached hydrogen (secondary N) is 1. The van der Waals surface area contributed by atoms with E-state index in [1.54, 1.807) is 6.92 Å². The standard InChI is InChI=1S/C6H12N2.C2H6.C2H5.W/c1-7-6-4-2-3-5-8-6;2*1-2;/h2-5H2,1H3,(H,7,8);1-2H3;1H2,2H3;/q;;-1;. The summed E-state index contributed by atoms with van der Waals surface area (Å²) in [6.45, 7) is 10.1. The molecule has 3 heteroatoms. The van der Waals surface area contributed by atoms with Crippen LogP contribution in [0.15, 0.2) is 4.99 Å². The third-order valence-corrected chi connectivity index (χ3v) is 1.44. The predicted molar refractivity (Wildman–Crippen MR) is 57.6 cm³/mol. The maximum Gasteiger partial charge on any atom is 0.0959 e. The van der Waals surface area contributed by atoms with Crippen molar-refractivity contribution in [3.63, 3.8) is 0 Å². The fraction of sp³-hybridized carbons (Fsp3) is 0.800. The zero-order valence-corrected chi connectivity index (χ0v) is 12.3. The molecule has 0 amide bonds. The zero-order valence-electron chi connectivity index (χ0n) is 9.39.